The standard InChI is InChI=1S/C20H22ClN5O3S/c1-25(2)30(27,28)24-18-12-15(13-23-20(18)21)14-3-4-17-16(11-14)19(5-6-22-17)26-7-9-29-10-8-26/h3-6,11-13,24H,7-10H2,1-2H3. The quantitative estimate of drug-likeness (QED) is 0.605. The molecule has 0 bridgehead atoms. The van der Waals surface area contributed by atoms with Crippen molar-refractivity contribution in [2.75, 3.05) is 50.0 Å². The lowest BCUT2D eigenvalue weighted by Crippen LogP contribution is -2.36. The van der Waals surface area contributed by atoms with Crippen LogP contribution in [0.2, 0.25) is 5.15 Å². The Morgan fingerprint density at radius 2 is 1.87 bits per heavy atom. The fourth-order valence-electron chi connectivity index (χ4n) is 3.30. The largest absolute Gasteiger partial charge is 0.378 e. The number of aromatic nitrogens is 2. The first-order valence-corrected chi connectivity index (χ1v) is 11.2. The third kappa shape index (κ3) is 4.20. The van der Waals surface area contributed by atoms with Crippen molar-refractivity contribution in [1.82, 2.24) is 14.3 Å². The number of anilines is 2. The van der Waals surface area contributed by atoms with E-state index >= 15 is 0 Å². The zero-order valence-electron chi connectivity index (χ0n) is 16.7. The smallest absolute Gasteiger partial charge is 0.301 e. The number of fused-ring (bicyclic) bond motifs is 1. The first kappa shape index (κ1) is 20.8. The number of morpholine rings is 1. The van der Waals surface area contributed by atoms with E-state index in [1.54, 1.807) is 12.3 Å². The highest BCUT2D eigenvalue weighted by Crippen LogP contribution is 2.32. The number of pyridine rings is 2. The van der Waals surface area contributed by atoms with Gasteiger partial charge in [0.25, 0.3) is 0 Å². The van der Waals surface area contributed by atoms with Crippen LogP contribution < -0.4 is 9.62 Å². The summed E-state index contributed by atoms with van der Waals surface area (Å²) in [7, 11) is -0.815. The van der Waals surface area contributed by atoms with Crippen LogP contribution in [-0.2, 0) is 14.9 Å². The highest BCUT2D eigenvalue weighted by molar-refractivity contribution is 7.90. The predicted octanol–water partition coefficient (Wildman–Crippen LogP) is 3.01. The Morgan fingerprint density at radius 3 is 2.60 bits per heavy atom. The number of hydrogen-bond acceptors (Lipinski definition) is 6. The van der Waals surface area contributed by atoms with Crippen molar-refractivity contribution in [1.29, 1.82) is 0 Å². The van der Waals surface area contributed by atoms with Crippen molar-refractivity contribution in [3.05, 3.63) is 47.9 Å². The summed E-state index contributed by atoms with van der Waals surface area (Å²) < 4.78 is 33.4. The van der Waals surface area contributed by atoms with Gasteiger partial charge in [-0.2, -0.15) is 12.7 Å². The average Bonchev–Trinajstić information content (AvgIpc) is 2.75. The van der Waals surface area contributed by atoms with Gasteiger partial charge in [-0.15, -0.1) is 0 Å². The molecule has 1 aromatic carbocycles. The molecule has 0 radical (unpaired) electrons. The number of rotatable bonds is 5. The van der Waals surface area contributed by atoms with Gasteiger partial charge in [0, 0.05) is 56.2 Å². The van der Waals surface area contributed by atoms with E-state index in [0.717, 1.165) is 45.1 Å². The predicted molar refractivity (Wildman–Crippen MR) is 119 cm³/mol. The molecule has 1 aliphatic heterocycles. The number of nitrogens with zero attached hydrogens (tertiary/aromatic N) is 4. The number of halogens is 1. The van der Waals surface area contributed by atoms with Gasteiger partial charge in [0.2, 0.25) is 0 Å². The minimum atomic E-state index is -3.70. The van der Waals surface area contributed by atoms with Gasteiger partial charge in [-0.25, -0.2) is 4.98 Å². The number of nitrogens with one attached hydrogen (secondary N) is 1. The van der Waals surface area contributed by atoms with Crippen molar-refractivity contribution in [3.63, 3.8) is 0 Å². The lowest BCUT2D eigenvalue weighted by Gasteiger charge is -2.29. The van der Waals surface area contributed by atoms with Crippen molar-refractivity contribution >= 4 is 44.1 Å². The molecule has 0 atom stereocenters. The fraction of sp³-hybridized carbons (Fsp3) is 0.300. The van der Waals surface area contributed by atoms with E-state index in [1.807, 2.05) is 30.5 Å². The molecule has 4 rings (SSSR count). The molecular weight excluding hydrogens is 426 g/mol. The SMILES string of the molecule is CN(C)S(=O)(=O)Nc1cc(-c2ccc3nccc(N4CCOCC4)c3c2)cnc1Cl. The van der Waals surface area contributed by atoms with Gasteiger partial charge in [0.05, 0.1) is 24.4 Å². The summed E-state index contributed by atoms with van der Waals surface area (Å²) in [6.07, 6.45) is 3.44. The van der Waals surface area contributed by atoms with Crippen LogP contribution in [0.4, 0.5) is 11.4 Å². The Morgan fingerprint density at radius 1 is 1.10 bits per heavy atom. The zero-order valence-corrected chi connectivity index (χ0v) is 18.2. The second-order valence-electron chi connectivity index (χ2n) is 7.11. The lowest BCUT2D eigenvalue weighted by molar-refractivity contribution is 0.123. The molecule has 158 valence electrons. The molecule has 0 aliphatic carbocycles. The Labute approximate surface area is 180 Å². The molecule has 0 saturated carbocycles. The van der Waals surface area contributed by atoms with Crippen LogP contribution in [0.1, 0.15) is 0 Å². The zero-order chi connectivity index (χ0) is 21.3. The highest BCUT2D eigenvalue weighted by atomic mass is 35.5. The molecular formula is C20H22ClN5O3S. The van der Waals surface area contributed by atoms with Crippen LogP contribution in [0, 0.1) is 0 Å². The fourth-order valence-corrected chi connectivity index (χ4v) is 4.12. The lowest BCUT2D eigenvalue weighted by atomic mass is 10.0. The minimum absolute atomic E-state index is 0.0839. The summed E-state index contributed by atoms with van der Waals surface area (Å²) in [5, 5.41) is 1.10. The van der Waals surface area contributed by atoms with E-state index in [9.17, 15) is 8.42 Å². The Balaban J connectivity index is 1.75. The van der Waals surface area contributed by atoms with Crippen molar-refractivity contribution < 1.29 is 13.2 Å². The number of ether oxygens (including phenoxy) is 1. The van der Waals surface area contributed by atoms with Gasteiger partial charge in [0.15, 0.2) is 5.15 Å². The van der Waals surface area contributed by atoms with E-state index in [-0.39, 0.29) is 10.8 Å². The Bertz CT molecular complexity index is 1180. The van der Waals surface area contributed by atoms with Gasteiger partial charge in [-0.3, -0.25) is 9.71 Å². The molecule has 0 spiro atoms. The van der Waals surface area contributed by atoms with Crippen molar-refractivity contribution in [2.24, 2.45) is 0 Å². The second-order valence-corrected chi connectivity index (χ2v) is 9.36. The summed E-state index contributed by atoms with van der Waals surface area (Å²) >= 11 is 6.13. The van der Waals surface area contributed by atoms with Crippen LogP contribution in [0.5, 0.6) is 0 Å². The topological polar surface area (TPSA) is 87.7 Å². The van der Waals surface area contributed by atoms with Crippen LogP contribution >= 0.6 is 11.6 Å². The Hall–Kier alpha value is -2.46. The van der Waals surface area contributed by atoms with Gasteiger partial charge in [0.1, 0.15) is 0 Å². The number of benzene rings is 1. The summed E-state index contributed by atoms with van der Waals surface area (Å²) in [5.41, 5.74) is 3.84. The third-order valence-corrected chi connectivity index (χ3v) is 6.70. The maximum atomic E-state index is 12.2. The van der Waals surface area contributed by atoms with E-state index in [1.165, 1.54) is 14.1 Å². The minimum Gasteiger partial charge on any atom is -0.378 e. The molecule has 1 N–H and O–H groups in total. The van der Waals surface area contributed by atoms with Crippen LogP contribution in [0.3, 0.4) is 0 Å². The van der Waals surface area contributed by atoms with E-state index < -0.39 is 10.2 Å². The van der Waals surface area contributed by atoms with Crippen LogP contribution in [0.25, 0.3) is 22.0 Å². The maximum absolute atomic E-state index is 12.2. The monoisotopic (exact) mass is 447 g/mol. The first-order chi connectivity index (χ1) is 14.3. The molecule has 1 fully saturated rings. The molecule has 10 heteroatoms. The Kier molecular flexibility index (Phi) is 5.79. The van der Waals surface area contributed by atoms with Crippen molar-refractivity contribution in [3.8, 4) is 11.1 Å². The third-order valence-electron chi connectivity index (χ3n) is 4.96. The molecule has 3 aromatic rings. The molecule has 0 unspecified atom stereocenters. The molecule has 8 nitrogen and oxygen atoms in total. The molecule has 30 heavy (non-hydrogen) atoms. The van der Waals surface area contributed by atoms with Crippen LogP contribution in [-0.4, -0.2) is 63.1 Å². The van der Waals surface area contributed by atoms with E-state index in [0.29, 0.717) is 13.2 Å². The van der Waals surface area contributed by atoms with Gasteiger partial charge in [-0.1, -0.05) is 17.7 Å². The first-order valence-electron chi connectivity index (χ1n) is 9.43. The second kappa shape index (κ2) is 8.35. The molecule has 3 heterocycles. The van der Waals surface area contributed by atoms with Gasteiger partial charge >= 0.3 is 10.2 Å². The molecule has 1 aliphatic rings. The maximum Gasteiger partial charge on any atom is 0.301 e. The number of hydrogen-bond donors (Lipinski definition) is 1. The molecule has 2 aromatic heterocycles. The van der Waals surface area contributed by atoms with Crippen molar-refractivity contribution in [2.45, 2.75) is 0 Å². The molecule has 1 saturated heterocycles. The van der Waals surface area contributed by atoms with E-state index in [4.69, 9.17) is 16.3 Å². The summed E-state index contributed by atoms with van der Waals surface area (Å²) in [5.74, 6) is 0. The highest BCUT2D eigenvalue weighted by Gasteiger charge is 2.18. The van der Waals surface area contributed by atoms with Crippen LogP contribution in [0.15, 0.2) is 42.7 Å². The summed E-state index contributed by atoms with van der Waals surface area (Å²) in [4.78, 5) is 10.9. The summed E-state index contributed by atoms with van der Waals surface area (Å²) in [6, 6.07) is 9.62. The summed E-state index contributed by atoms with van der Waals surface area (Å²) in [6.45, 7) is 3.03. The normalized spacial score (nSPS) is 15.0. The van der Waals surface area contributed by atoms with Gasteiger partial charge < -0.3 is 9.64 Å². The molecule has 0 amide bonds. The van der Waals surface area contributed by atoms with E-state index in [2.05, 4.69) is 19.6 Å². The average molecular weight is 448 g/mol. The van der Waals surface area contributed by atoms with Gasteiger partial charge in [-0.05, 0) is 29.8 Å².